The molecular formula is C33H37O3S+. The van der Waals surface area contributed by atoms with Crippen molar-refractivity contribution < 1.29 is 14.3 Å². The van der Waals surface area contributed by atoms with Crippen LogP contribution in [0.3, 0.4) is 0 Å². The van der Waals surface area contributed by atoms with Crippen molar-refractivity contribution in [2.24, 2.45) is 23.7 Å². The first-order chi connectivity index (χ1) is 17.9. The fraction of sp³-hybridized carbons (Fsp3) is 0.424. The van der Waals surface area contributed by atoms with Crippen LogP contribution >= 0.6 is 0 Å². The highest BCUT2D eigenvalue weighted by atomic mass is 32.2. The van der Waals surface area contributed by atoms with Crippen LogP contribution in [0, 0.1) is 37.5 Å². The molecule has 3 aromatic carbocycles. The van der Waals surface area contributed by atoms with Crippen molar-refractivity contribution in [1.82, 2.24) is 0 Å². The monoisotopic (exact) mass is 513 g/mol. The molecule has 4 bridgehead atoms. The van der Waals surface area contributed by atoms with Crippen molar-refractivity contribution in [2.45, 2.75) is 73.2 Å². The lowest BCUT2D eigenvalue weighted by atomic mass is 9.50. The van der Waals surface area contributed by atoms with E-state index in [9.17, 15) is 4.79 Å². The van der Waals surface area contributed by atoms with E-state index in [1.807, 2.05) is 0 Å². The lowest BCUT2D eigenvalue weighted by Gasteiger charge is -2.59. The second kappa shape index (κ2) is 9.87. The first-order valence-corrected chi connectivity index (χ1v) is 14.9. The summed E-state index contributed by atoms with van der Waals surface area (Å²) in [5.41, 5.74) is 1.78. The second-order valence-corrected chi connectivity index (χ2v) is 13.6. The number of ether oxygens (including phenoxy) is 2. The molecule has 4 fully saturated rings. The van der Waals surface area contributed by atoms with Gasteiger partial charge in [-0.15, -0.1) is 0 Å². The van der Waals surface area contributed by atoms with Gasteiger partial charge in [0.25, 0.3) is 0 Å². The second-order valence-electron chi connectivity index (χ2n) is 11.6. The maximum Gasteiger partial charge on any atom is 0.344 e. The summed E-state index contributed by atoms with van der Waals surface area (Å²) in [5.74, 6) is 3.30. The maximum atomic E-state index is 13.0. The molecule has 0 unspecified atom stereocenters. The Balaban J connectivity index is 1.19. The number of esters is 1. The molecule has 4 aliphatic rings. The number of hydrogen-bond donors (Lipinski definition) is 0. The van der Waals surface area contributed by atoms with E-state index in [0.29, 0.717) is 11.8 Å². The number of benzene rings is 3. The molecule has 4 aliphatic carbocycles. The van der Waals surface area contributed by atoms with Gasteiger partial charge in [0.2, 0.25) is 0 Å². The minimum Gasteiger partial charge on any atom is -0.481 e. The van der Waals surface area contributed by atoms with Gasteiger partial charge in [-0.1, -0.05) is 36.4 Å². The third kappa shape index (κ3) is 4.69. The van der Waals surface area contributed by atoms with Crippen LogP contribution in [-0.2, 0) is 20.4 Å². The van der Waals surface area contributed by atoms with Gasteiger partial charge < -0.3 is 9.47 Å². The van der Waals surface area contributed by atoms with Crippen LogP contribution in [0.2, 0.25) is 0 Å². The van der Waals surface area contributed by atoms with Crippen molar-refractivity contribution in [1.29, 1.82) is 0 Å². The summed E-state index contributed by atoms with van der Waals surface area (Å²) in [5, 5.41) is 0. The van der Waals surface area contributed by atoms with Crippen molar-refractivity contribution in [2.75, 3.05) is 6.61 Å². The normalized spacial score (nSPS) is 27.9. The lowest BCUT2D eigenvalue weighted by Crippen LogP contribution is -2.58. The molecular weight excluding hydrogens is 476 g/mol. The molecule has 0 amide bonds. The van der Waals surface area contributed by atoms with Crippen LogP contribution in [0.5, 0.6) is 5.75 Å². The number of aryl methyl sites for hydroxylation is 2. The predicted molar refractivity (Wildman–Crippen MR) is 148 cm³/mol. The highest BCUT2D eigenvalue weighted by Gasteiger charge is 2.57. The lowest BCUT2D eigenvalue weighted by molar-refractivity contribution is -0.204. The summed E-state index contributed by atoms with van der Waals surface area (Å²) in [6, 6.07) is 25.8. The van der Waals surface area contributed by atoms with Crippen molar-refractivity contribution in [3.63, 3.8) is 0 Å². The molecule has 4 heteroatoms. The molecule has 0 aliphatic heterocycles. The molecule has 0 radical (unpaired) electrons. The summed E-state index contributed by atoms with van der Waals surface area (Å²) in [6.45, 7) is 6.31. The molecule has 0 saturated heterocycles. The third-order valence-corrected chi connectivity index (χ3v) is 11.2. The molecule has 3 aromatic rings. The molecule has 0 spiro atoms. The van der Waals surface area contributed by atoms with Gasteiger partial charge in [0, 0.05) is 12.1 Å². The molecule has 0 aromatic heterocycles. The fourth-order valence-corrected chi connectivity index (χ4v) is 9.73. The van der Waals surface area contributed by atoms with E-state index in [1.165, 1.54) is 46.8 Å². The highest BCUT2D eigenvalue weighted by molar-refractivity contribution is 7.97. The Bertz CT molecular complexity index is 1180. The highest BCUT2D eigenvalue weighted by Crippen LogP contribution is 2.59. The standard InChI is InChI=1S/C33H37O3S/c1-22-14-30(37(28-10-6-4-7-11-28)29-12-8-5-9-13-29)15-23(2)32(22)35-21-31(34)36-33(3)26-17-24-16-25(19-26)20-27(33)18-24/h4-15,24-27H,16-21H2,1-3H3/q+1. The maximum absolute atomic E-state index is 13.0. The van der Waals surface area contributed by atoms with Crippen molar-refractivity contribution in [3.05, 3.63) is 83.9 Å². The quantitative estimate of drug-likeness (QED) is 0.242. The van der Waals surface area contributed by atoms with Gasteiger partial charge in [-0.3, -0.25) is 0 Å². The summed E-state index contributed by atoms with van der Waals surface area (Å²) in [6.07, 6.45) is 6.29. The third-order valence-electron chi connectivity index (χ3n) is 9.05. The molecule has 4 saturated carbocycles. The van der Waals surface area contributed by atoms with E-state index >= 15 is 0 Å². The van der Waals surface area contributed by atoms with E-state index in [1.54, 1.807) is 0 Å². The van der Waals surface area contributed by atoms with Gasteiger partial charge in [0.15, 0.2) is 21.3 Å². The predicted octanol–water partition coefficient (Wildman–Crippen LogP) is 7.54. The number of carbonyl (C=O) groups excluding carboxylic acids is 1. The zero-order valence-electron chi connectivity index (χ0n) is 22.1. The first-order valence-electron chi connectivity index (χ1n) is 13.7. The molecule has 192 valence electrons. The Morgan fingerprint density at radius 2 is 1.27 bits per heavy atom. The van der Waals surface area contributed by atoms with Crippen LogP contribution in [0.25, 0.3) is 0 Å². The Labute approximate surface area is 223 Å². The topological polar surface area (TPSA) is 35.5 Å². The van der Waals surface area contributed by atoms with Gasteiger partial charge in [-0.2, -0.15) is 0 Å². The van der Waals surface area contributed by atoms with Crippen LogP contribution in [0.1, 0.15) is 50.2 Å². The van der Waals surface area contributed by atoms with Gasteiger partial charge >= 0.3 is 5.97 Å². The number of rotatable bonds is 7. The molecule has 3 nitrogen and oxygen atoms in total. The van der Waals surface area contributed by atoms with Crippen LogP contribution < -0.4 is 4.74 Å². The molecule has 0 atom stereocenters. The van der Waals surface area contributed by atoms with Crippen LogP contribution in [0.15, 0.2) is 87.5 Å². The Morgan fingerprint density at radius 1 is 0.784 bits per heavy atom. The zero-order valence-corrected chi connectivity index (χ0v) is 22.9. The van der Waals surface area contributed by atoms with Gasteiger partial charge in [-0.05, 0) is 112 Å². The largest absolute Gasteiger partial charge is 0.481 e. The Hall–Kier alpha value is -2.72. The van der Waals surface area contributed by atoms with Gasteiger partial charge in [0.1, 0.15) is 11.4 Å². The zero-order chi connectivity index (χ0) is 25.6. The summed E-state index contributed by atoms with van der Waals surface area (Å²) < 4.78 is 12.4. The van der Waals surface area contributed by atoms with Gasteiger partial charge in [0.05, 0.1) is 10.9 Å². The molecule has 7 rings (SSSR count). The summed E-state index contributed by atoms with van der Waals surface area (Å²) in [7, 11) is -0.216. The number of carbonyl (C=O) groups is 1. The van der Waals surface area contributed by atoms with Crippen molar-refractivity contribution in [3.8, 4) is 5.75 Å². The van der Waals surface area contributed by atoms with E-state index in [4.69, 9.17) is 9.47 Å². The Kier molecular flexibility index (Phi) is 6.56. The summed E-state index contributed by atoms with van der Waals surface area (Å²) in [4.78, 5) is 16.9. The minimum absolute atomic E-state index is 0.0357. The average molecular weight is 514 g/mol. The van der Waals surface area contributed by atoms with Gasteiger partial charge in [-0.25, -0.2) is 4.79 Å². The molecule has 0 heterocycles. The Morgan fingerprint density at radius 3 is 1.76 bits per heavy atom. The minimum atomic E-state index is -0.318. The van der Waals surface area contributed by atoms with E-state index in [2.05, 4.69) is 93.6 Å². The van der Waals surface area contributed by atoms with Crippen LogP contribution in [0.4, 0.5) is 0 Å². The number of hydrogen-bond acceptors (Lipinski definition) is 3. The fourth-order valence-electron chi connectivity index (χ4n) is 7.47. The van der Waals surface area contributed by atoms with Crippen LogP contribution in [-0.4, -0.2) is 18.2 Å². The smallest absolute Gasteiger partial charge is 0.344 e. The molecule has 37 heavy (non-hydrogen) atoms. The molecule has 0 N–H and O–H groups in total. The van der Waals surface area contributed by atoms with E-state index in [-0.39, 0.29) is 29.1 Å². The summed E-state index contributed by atoms with van der Waals surface area (Å²) >= 11 is 0. The first kappa shape index (κ1) is 24.6. The average Bonchev–Trinajstić information content (AvgIpc) is 2.88. The SMILES string of the molecule is Cc1cc([S+](c2ccccc2)c2ccccc2)cc(C)c1OCC(=O)OC1(C)C2CC3CC(C2)CC1C3. The van der Waals surface area contributed by atoms with E-state index < -0.39 is 0 Å². The van der Waals surface area contributed by atoms with E-state index in [0.717, 1.165) is 28.7 Å². The van der Waals surface area contributed by atoms with Crippen molar-refractivity contribution >= 4 is 16.9 Å².